The third-order valence-corrected chi connectivity index (χ3v) is 3.42. The lowest BCUT2D eigenvalue weighted by Gasteiger charge is -2.08. The smallest absolute Gasteiger partial charge is 0.270 e. The quantitative estimate of drug-likeness (QED) is 0.650. The van der Waals surface area contributed by atoms with E-state index < -0.39 is 9.85 Å². The van der Waals surface area contributed by atoms with Gasteiger partial charge in [-0.2, -0.15) is 0 Å². The average molecular weight is 352 g/mol. The second-order valence-corrected chi connectivity index (χ2v) is 5.06. The van der Waals surface area contributed by atoms with Crippen LogP contribution in [0.5, 0.6) is 0 Å². The summed E-state index contributed by atoms with van der Waals surface area (Å²) in [5.41, 5.74) is 1.43. The number of anilines is 1. The first-order valence-electron chi connectivity index (χ1n) is 5.88. The van der Waals surface area contributed by atoms with Gasteiger partial charge in [0.25, 0.3) is 11.4 Å². The van der Waals surface area contributed by atoms with E-state index in [2.05, 4.69) is 21.2 Å². The summed E-state index contributed by atoms with van der Waals surface area (Å²) in [5.74, 6) is 0. The van der Waals surface area contributed by atoms with Crippen LogP contribution in [0.25, 0.3) is 0 Å². The maximum Gasteiger partial charge on any atom is 0.270 e. The van der Waals surface area contributed by atoms with Crippen LogP contribution in [-0.2, 0) is 6.54 Å². The van der Waals surface area contributed by atoms with Gasteiger partial charge in [0.2, 0.25) is 0 Å². The topological polar surface area (TPSA) is 98.3 Å². The number of nitrogens with one attached hydrogen (secondary N) is 1. The molecule has 1 N–H and O–H groups in total. The number of nitro benzene ring substituents is 2. The van der Waals surface area contributed by atoms with Crippen molar-refractivity contribution in [2.75, 3.05) is 5.32 Å². The van der Waals surface area contributed by atoms with E-state index in [0.29, 0.717) is 16.7 Å². The second-order valence-electron chi connectivity index (χ2n) is 4.20. The van der Waals surface area contributed by atoms with Crippen molar-refractivity contribution >= 4 is 33.0 Å². The van der Waals surface area contributed by atoms with E-state index in [1.165, 1.54) is 24.3 Å². The third-order valence-electron chi connectivity index (χ3n) is 2.77. The molecule has 0 aliphatic rings. The summed E-state index contributed by atoms with van der Waals surface area (Å²) in [6, 6.07) is 10.6. The fraction of sp³-hybridized carbons (Fsp3) is 0.0769. The molecule has 0 unspecified atom stereocenters. The van der Waals surface area contributed by atoms with Crippen molar-refractivity contribution in [1.29, 1.82) is 0 Å². The van der Waals surface area contributed by atoms with E-state index in [1.54, 1.807) is 18.2 Å². The molecule has 0 atom stereocenters. The van der Waals surface area contributed by atoms with Gasteiger partial charge in [-0.25, -0.2) is 0 Å². The number of hydrogen-bond acceptors (Lipinski definition) is 5. The molecule has 2 rings (SSSR count). The Balaban J connectivity index is 2.11. The normalized spacial score (nSPS) is 10.1. The van der Waals surface area contributed by atoms with Crippen molar-refractivity contribution in [3.63, 3.8) is 0 Å². The zero-order valence-corrected chi connectivity index (χ0v) is 12.2. The van der Waals surface area contributed by atoms with Crippen LogP contribution in [0, 0.1) is 20.2 Å². The number of halogens is 1. The second kappa shape index (κ2) is 6.31. The summed E-state index contributed by atoms with van der Waals surface area (Å²) in [4.78, 5) is 20.4. The number of benzene rings is 2. The Labute approximate surface area is 128 Å². The number of nitrogens with zero attached hydrogens (tertiary/aromatic N) is 2. The Morgan fingerprint density at radius 3 is 2.29 bits per heavy atom. The molecule has 0 bridgehead atoms. The molecule has 0 saturated carbocycles. The van der Waals surface area contributed by atoms with E-state index in [-0.39, 0.29) is 11.4 Å². The van der Waals surface area contributed by atoms with Crippen LogP contribution in [0.15, 0.2) is 46.9 Å². The molecule has 8 heteroatoms. The van der Waals surface area contributed by atoms with Gasteiger partial charge in [0.15, 0.2) is 0 Å². The third kappa shape index (κ3) is 3.76. The summed E-state index contributed by atoms with van der Waals surface area (Å²) in [6.07, 6.45) is 0. The molecule has 2 aromatic rings. The zero-order valence-electron chi connectivity index (χ0n) is 10.7. The van der Waals surface area contributed by atoms with E-state index in [9.17, 15) is 20.2 Å². The Bertz CT molecular complexity index is 706. The van der Waals surface area contributed by atoms with Crippen molar-refractivity contribution in [3.8, 4) is 0 Å². The first-order valence-corrected chi connectivity index (χ1v) is 6.68. The predicted molar refractivity (Wildman–Crippen MR) is 81.2 cm³/mol. The van der Waals surface area contributed by atoms with Crippen LogP contribution < -0.4 is 5.32 Å². The highest BCUT2D eigenvalue weighted by Crippen LogP contribution is 2.27. The molecule has 7 nitrogen and oxygen atoms in total. The zero-order chi connectivity index (χ0) is 15.4. The van der Waals surface area contributed by atoms with Crippen molar-refractivity contribution in [2.24, 2.45) is 0 Å². The highest BCUT2D eigenvalue weighted by Gasteiger charge is 2.09. The Morgan fingerprint density at radius 2 is 1.67 bits per heavy atom. The fourth-order valence-electron chi connectivity index (χ4n) is 1.74. The van der Waals surface area contributed by atoms with Gasteiger partial charge in [0.1, 0.15) is 0 Å². The van der Waals surface area contributed by atoms with Crippen LogP contribution in [0.1, 0.15) is 5.56 Å². The number of rotatable bonds is 5. The molecule has 0 radical (unpaired) electrons. The highest BCUT2D eigenvalue weighted by atomic mass is 79.9. The maximum absolute atomic E-state index is 10.7. The number of hydrogen-bond donors (Lipinski definition) is 1. The molecule has 0 spiro atoms. The van der Waals surface area contributed by atoms with Gasteiger partial charge in [0, 0.05) is 41.0 Å². The lowest BCUT2D eigenvalue weighted by atomic mass is 10.2. The van der Waals surface area contributed by atoms with Crippen molar-refractivity contribution < 1.29 is 9.85 Å². The molecule has 0 amide bonds. The van der Waals surface area contributed by atoms with Gasteiger partial charge in [-0.3, -0.25) is 20.2 Å². The minimum atomic E-state index is -0.477. The molecule has 21 heavy (non-hydrogen) atoms. The van der Waals surface area contributed by atoms with Crippen LogP contribution in [0.4, 0.5) is 17.1 Å². The monoisotopic (exact) mass is 351 g/mol. The minimum absolute atomic E-state index is 0.0113. The van der Waals surface area contributed by atoms with Crippen molar-refractivity contribution in [1.82, 2.24) is 0 Å². The molecule has 0 saturated heterocycles. The van der Waals surface area contributed by atoms with E-state index >= 15 is 0 Å². The summed E-state index contributed by atoms with van der Waals surface area (Å²) in [7, 11) is 0. The van der Waals surface area contributed by atoms with Crippen LogP contribution >= 0.6 is 15.9 Å². The Kier molecular flexibility index (Phi) is 4.49. The molecule has 0 fully saturated rings. The fourth-order valence-corrected chi connectivity index (χ4v) is 2.25. The van der Waals surface area contributed by atoms with E-state index in [0.717, 1.165) is 5.56 Å². The minimum Gasteiger partial charge on any atom is -0.380 e. The van der Waals surface area contributed by atoms with Gasteiger partial charge < -0.3 is 5.32 Å². The maximum atomic E-state index is 10.7. The first-order chi connectivity index (χ1) is 9.97. The van der Waals surface area contributed by atoms with Gasteiger partial charge in [0.05, 0.1) is 9.85 Å². The highest BCUT2D eigenvalue weighted by molar-refractivity contribution is 9.10. The molecule has 0 heterocycles. The lowest BCUT2D eigenvalue weighted by molar-refractivity contribution is -0.385. The van der Waals surface area contributed by atoms with Gasteiger partial charge >= 0.3 is 0 Å². The van der Waals surface area contributed by atoms with Gasteiger partial charge in [-0.1, -0.05) is 12.1 Å². The predicted octanol–water partition coefficient (Wildman–Crippen LogP) is 3.88. The van der Waals surface area contributed by atoms with Crippen LogP contribution in [0.3, 0.4) is 0 Å². The molecule has 108 valence electrons. The molecular formula is C13H10BrN3O4. The number of nitro groups is 2. The van der Waals surface area contributed by atoms with Crippen LogP contribution in [-0.4, -0.2) is 9.85 Å². The largest absolute Gasteiger partial charge is 0.380 e. The Hall–Kier alpha value is -2.48. The standard InChI is InChI=1S/C13H10BrN3O4/c14-12-7-11(17(20)21)4-5-13(12)15-8-9-2-1-3-10(6-9)16(18)19/h1-7,15H,8H2. The molecule has 0 aliphatic heterocycles. The molecule has 2 aromatic carbocycles. The lowest BCUT2D eigenvalue weighted by Crippen LogP contribution is -2.01. The summed E-state index contributed by atoms with van der Waals surface area (Å²) in [5, 5.41) is 24.4. The SMILES string of the molecule is O=[N+]([O-])c1cccc(CNc2ccc([N+](=O)[O-])cc2Br)c1. The van der Waals surface area contributed by atoms with E-state index in [4.69, 9.17) is 0 Å². The van der Waals surface area contributed by atoms with Crippen molar-refractivity contribution in [2.45, 2.75) is 6.54 Å². The van der Waals surface area contributed by atoms with Crippen LogP contribution in [0.2, 0.25) is 0 Å². The summed E-state index contributed by atoms with van der Waals surface area (Å²) >= 11 is 3.25. The van der Waals surface area contributed by atoms with Gasteiger partial charge in [-0.15, -0.1) is 0 Å². The Morgan fingerprint density at radius 1 is 1.00 bits per heavy atom. The van der Waals surface area contributed by atoms with Crippen molar-refractivity contribution in [3.05, 3.63) is 72.7 Å². The number of non-ortho nitro benzene ring substituents is 2. The summed E-state index contributed by atoms with van der Waals surface area (Å²) in [6.45, 7) is 0.373. The first kappa shape index (κ1) is 14.9. The molecule has 0 aliphatic carbocycles. The van der Waals surface area contributed by atoms with Gasteiger partial charge in [-0.05, 0) is 27.6 Å². The average Bonchev–Trinajstić information content (AvgIpc) is 2.46. The van der Waals surface area contributed by atoms with E-state index in [1.807, 2.05) is 0 Å². The summed E-state index contributed by atoms with van der Waals surface area (Å²) < 4.78 is 0.558. The molecule has 0 aromatic heterocycles. The molecular weight excluding hydrogens is 342 g/mol.